The van der Waals surface area contributed by atoms with Gasteiger partial charge in [0.15, 0.2) is 0 Å². The molecule has 1 aromatic heterocycles. The summed E-state index contributed by atoms with van der Waals surface area (Å²) in [6.07, 6.45) is 1.85. The van der Waals surface area contributed by atoms with Crippen LogP contribution < -0.4 is 15.5 Å². The molecule has 3 rings (SSSR count). The van der Waals surface area contributed by atoms with Gasteiger partial charge in [-0.15, -0.1) is 0 Å². The molecule has 1 fully saturated rings. The lowest BCUT2D eigenvalue weighted by Crippen LogP contribution is -2.43. The first-order valence-corrected chi connectivity index (χ1v) is 6.41. The summed E-state index contributed by atoms with van der Waals surface area (Å²) in [7, 11) is 1.95. The molecule has 1 aliphatic rings. The molecular weight excluding hydrogens is 224 g/mol. The molecule has 0 saturated carbocycles. The van der Waals surface area contributed by atoms with Crippen molar-refractivity contribution >= 4 is 22.3 Å². The second-order valence-corrected chi connectivity index (χ2v) is 4.55. The zero-order valence-corrected chi connectivity index (χ0v) is 10.6. The Morgan fingerprint density at radius 2 is 2.06 bits per heavy atom. The average molecular weight is 242 g/mol. The molecule has 1 saturated heterocycles. The number of nitrogens with zero attached hydrogens (tertiary/aromatic N) is 2. The number of nitrogens with one attached hydrogen (secondary N) is 2. The quantitative estimate of drug-likeness (QED) is 0.840. The Bertz CT molecular complexity index is 546. The standard InChI is InChI=1S/C14H18N4/c1-15-13-4-5-17-14-3-2-11(10-12(13)14)18-8-6-16-7-9-18/h2-5,10,16H,6-9H2,1H3,(H,15,17). The molecule has 0 aliphatic carbocycles. The highest BCUT2D eigenvalue weighted by Gasteiger charge is 2.11. The first kappa shape index (κ1) is 11.3. The number of fused-ring (bicyclic) bond motifs is 1. The van der Waals surface area contributed by atoms with Crippen LogP contribution in [0.3, 0.4) is 0 Å². The van der Waals surface area contributed by atoms with Crippen LogP contribution >= 0.6 is 0 Å². The van der Waals surface area contributed by atoms with Gasteiger partial charge in [-0.1, -0.05) is 0 Å². The average Bonchev–Trinajstić information content (AvgIpc) is 2.47. The molecule has 1 aromatic carbocycles. The van der Waals surface area contributed by atoms with Gasteiger partial charge in [-0.05, 0) is 24.3 Å². The van der Waals surface area contributed by atoms with Crippen LogP contribution in [0, 0.1) is 0 Å². The maximum Gasteiger partial charge on any atom is 0.0724 e. The van der Waals surface area contributed by atoms with E-state index in [0.717, 1.165) is 37.4 Å². The van der Waals surface area contributed by atoms with Crippen molar-refractivity contribution in [1.29, 1.82) is 0 Å². The summed E-state index contributed by atoms with van der Waals surface area (Å²) in [4.78, 5) is 6.82. The maximum atomic E-state index is 4.41. The summed E-state index contributed by atoms with van der Waals surface area (Å²) in [5.74, 6) is 0. The molecular formula is C14H18N4. The highest BCUT2D eigenvalue weighted by Crippen LogP contribution is 2.26. The van der Waals surface area contributed by atoms with Crippen molar-refractivity contribution in [2.24, 2.45) is 0 Å². The van der Waals surface area contributed by atoms with E-state index in [9.17, 15) is 0 Å². The van der Waals surface area contributed by atoms with Crippen molar-refractivity contribution in [2.45, 2.75) is 0 Å². The summed E-state index contributed by atoms with van der Waals surface area (Å²) >= 11 is 0. The van der Waals surface area contributed by atoms with Crippen LogP contribution in [0.2, 0.25) is 0 Å². The van der Waals surface area contributed by atoms with Gasteiger partial charge in [-0.3, -0.25) is 4.98 Å². The van der Waals surface area contributed by atoms with Gasteiger partial charge in [-0.2, -0.15) is 0 Å². The number of hydrogen-bond acceptors (Lipinski definition) is 4. The molecule has 4 nitrogen and oxygen atoms in total. The Morgan fingerprint density at radius 1 is 1.22 bits per heavy atom. The van der Waals surface area contributed by atoms with E-state index in [4.69, 9.17) is 0 Å². The number of pyridine rings is 1. The monoisotopic (exact) mass is 242 g/mol. The smallest absolute Gasteiger partial charge is 0.0724 e. The minimum atomic E-state index is 1.04. The van der Waals surface area contributed by atoms with Crippen LogP contribution in [0.25, 0.3) is 10.9 Å². The van der Waals surface area contributed by atoms with E-state index in [1.54, 1.807) is 0 Å². The van der Waals surface area contributed by atoms with Crippen molar-refractivity contribution in [1.82, 2.24) is 10.3 Å². The van der Waals surface area contributed by atoms with Gasteiger partial charge in [-0.25, -0.2) is 0 Å². The lowest BCUT2D eigenvalue weighted by molar-refractivity contribution is 0.589. The topological polar surface area (TPSA) is 40.2 Å². The fraction of sp³-hybridized carbons (Fsp3) is 0.357. The van der Waals surface area contributed by atoms with Gasteiger partial charge in [0.1, 0.15) is 0 Å². The molecule has 0 spiro atoms. The second-order valence-electron chi connectivity index (χ2n) is 4.55. The summed E-state index contributed by atoms with van der Waals surface area (Å²) in [6, 6.07) is 8.52. The van der Waals surface area contributed by atoms with Crippen LogP contribution in [0.4, 0.5) is 11.4 Å². The fourth-order valence-electron chi connectivity index (χ4n) is 2.47. The Kier molecular flexibility index (Phi) is 3.02. The molecule has 94 valence electrons. The normalized spacial score (nSPS) is 15.9. The Hall–Kier alpha value is -1.81. The van der Waals surface area contributed by atoms with Gasteiger partial charge in [0.25, 0.3) is 0 Å². The van der Waals surface area contributed by atoms with Crippen LogP contribution in [-0.2, 0) is 0 Å². The van der Waals surface area contributed by atoms with E-state index in [0.29, 0.717) is 0 Å². The van der Waals surface area contributed by atoms with Crippen molar-refractivity contribution in [3.05, 3.63) is 30.5 Å². The highest BCUT2D eigenvalue weighted by atomic mass is 15.2. The second kappa shape index (κ2) is 4.82. The zero-order valence-electron chi connectivity index (χ0n) is 10.6. The summed E-state index contributed by atoms with van der Waals surface area (Å²) in [6.45, 7) is 4.26. The van der Waals surface area contributed by atoms with Crippen molar-refractivity contribution in [3.63, 3.8) is 0 Å². The lowest BCUT2D eigenvalue weighted by Gasteiger charge is -2.29. The van der Waals surface area contributed by atoms with Crippen LogP contribution in [0.1, 0.15) is 0 Å². The predicted molar refractivity (Wildman–Crippen MR) is 76.4 cm³/mol. The Labute approximate surface area is 107 Å². The lowest BCUT2D eigenvalue weighted by atomic mass is 10.1. The van der Waals surface area contributed by atoms with E-state index < -0.39 is 0 Å². The molecule has 2 heterocycles. The fourth-order valence-corrected chi connectivity index (χ4v) is 2.47. The number of aromatic nitrogens is 1. The third-order valence-electron chi connectivity index (χ3n) is 3.48. The molecule has 2 N–H and O–H groups in total. The molecule has 0 atom stereocenters. The van der Waals surface area contributed by atoms with Crippen LogP contribution in [0.5, 0.6) is 0 Å². The van der Waals surface area contributed by atoms with Gasteiger partial charge >= 0.3 is 0 Å². The molecule has 0 unspecified atom stereocenters. The molecule has 0 bridgehead atoms. The maximum absolute atomic E-state index is 4.41. The van der Waals surface area contributed by atoms with E-state index in [1.807, 2.05) is 19.3 Å². The molecule has 0 radical (unpaired) electrons. The van der Waals surface area contributed by atoms with E-state index >= 15 is 0 Å². The summed E-state index contributed by atoms with van der Waals surface area (Å²) in [5.41, 5.74) is 3.46. The number of piperazine rings is 1. The molecule has 2 aromatic rings. The largest absolute Gasteiger partial charge is 0.388 e. The van der Waals surface area contributed by atoms with Gasteiger partial charge in [0, 0.05) is 56.2 Å². The van der Waals surface area contributed by atoms with E-state index in [1.165, 1.54) is 11.1 Å². The number of benzene rings is 1. The molecule has 0 amide bonds. The van der Waals surface area contributed by atoms with Gasteiger partial charge in [0.05, 0.1) is 5.52 Å². The third kappa shape index (κ3) is 1.99. The first-order chi connectivity index (χ1) is 8.88. The zero-order chi connectivity index (χ0) is 12.4. The number of rotatable bonds is 2. The van der Waals surface area contributed by atoms with E-state index in [-0.39, 0.29) is 0 Å². The van der Waals surface area contributed by atoms with Crippen LogP contribution in [0.15, 0.2) is 30.5 Å². The minimum Gasteiger partial charge on any atom is -0.388 e. The molecule has 18 heavy (non-hydrogen) atoms. The molecule has 1 aliphatic heterocycles. The predicted octanol–water partition coefficient (Wildman–Crippen LogP) is 1.69. The highest BCUT2D eigenvalue weighted by molar-refractivity contribution is 5.93. The van der Waals surface area contributed by atoms with E-state index in [2.05, 4.69) is 38.7 Å². The van der Waals surface area contributed by atoms with Crippen molar-refractivity contribution in [3.8, 4) is 0 Å². The molecule has 4 heteroatoms. The van der Waals surface area contributed by atoms with Gasteiger partial charge in [0.2, 0.25) is 0 Å². The Balaban J connectivity index is 2.03. The van der Waals surface area contributed by atoms with Crippen molar-refractivity contribution < 1.29 is 0 Å². The first-order valence-electron chi connectivity index (χ1n) is 6.41. The van der Waals surface area contributed by atoms with Crippen molar-refractivity contribution in [2.75, 3.05) is 43.4 Å². The van der Waals surface area contributed by atoms with Gasteiger partial charge < -0.3 is 15.5 Å². The summed E-state index contributed by atoms with van der Waals surface area (Å²) < 4.78 is 0. The number of anilines is 2. The number of hydrogen-bond donors (Lipinski definition) is 2. The van der Waals surface area contributed by atoms with Crippen LogP contribution in [-0.4, -0.2) is 38.2 Å². The third-order valence-corrected chi connectivity index (χ3v) is 3.48. The SMILES string of the molecule is CNc1ccnc2ccc(N3CCNCC3)cc12. The Morgan fingerprint density at radius 3 is 2.83 bits per heavy atom. The minimum absolute atomic E-state index is 1.04. The summed E-state index contributed by atoms with van der Waals surface area (Å²) in [5, 5.41) is 7.80.